The summed E-state index contributed by atoms with van der Waals surface area (Å²) in [6, 6.07) is 10.8. The molecule has 1 aromatic carbocycles. The second kappa shape index (κ2) is 6.57. The number of rotatable bonds is 3. The molecule has 0 atom stereocenters. The van der Waals surface area contributed by atoms with Gasteiger partial charge in [-0.1, -0.05) is 51.3 Å². The maximum Gasteiger partial charge on any atom is 0.254 e. The molecular formula is C14H11BrCl2N2O. The maximum atomic E-state index is 12.3. The highest BCUT2D eigenvalue weighted by molar-refractivity contribution is 9.10. The molecule has 0 aliphatic heterocycles. The zero-order chi connectivity index (χ0) is 14.7. The van der Waals surface area contributed by atoms with Crippen molar-refractivity contribution < 1.29 is 4.79 Å². The molecule has 2 rings (SSSR count). The van der Waals surface area contributed by atoms with Gasteiger partial charge in [0.2, 0.25) is 0 Å². The molecular weight excluding hydrogens is 363 g/mol. The molecule has 0 aliphatic carbocycles. The molecule has 0 spiro atoms. The highest BCUT2D eigenvalue weighted by Gasteiger charge is 2.14. The highest BCUT2D eigenvalue weighted by atomic mass is 79.9. The standard InChI is InChI=1S/C14H11BrCl2N2O/c1-19(8-9-2-4-11(15)5-3-9)14(20)10-6-12(16)18-13(17)7-10/h2-7H,8H2,1H3. The fraction of sp³-hybridized carbons (Fsp3) is 0.143. The van der Waals surface area contributed by atoms with Crippen molar-refractivity contribution in [3.05, 3.63) is 62.3 Å². The number of hydrogen-bond acceptors (Lipinski definition) is 2. The molecule has 0 fully saturated rings. The molecule has 0 bridgehead atoms. The minimum Gasteiger partial charge on any atom is -0.337 e. The molecule has 0 saturated heterocycles. The van der Waals surface area contributed by atoms with Crippen LogP contribution >= 0.6 is 39.1 Å². The van der Waals surface area contributed by atoms with Crippen molar-refractivity contribution in [2.75, 3.05) is 7.05 Å². The topological polar surface area (TPSA) is 33.2 Å². The number of pyridine rings is 1. The Balaban J connectivity index is 2.14. The number of halogens is 3. The second-order valence-electron chi connectivity index (χ2n) is 4.29. The van der Waals surface area contributed by atoms with Gasteiger partial charge in [-0.15, -0.1) is 0 Å². The second-order valence-corrected chi connectivity index (χ2v) is 5.98. The third-order valence-corrected chi connectivity index (χ3v) is 3.61. The van der Waals surface area contributed by atoms with Gasteiger partial charge in [-0.05, 0) is 29.8 Å². The number of hydrogen-bond donors (Lipinski definition) is 0. The van der Waals surface area contributed by atoms with Crippen molar-refractivity contribution in [2.45, 2.75) is 6.54 Å². The first-order valence-electron chi connectivity index (χ1n) is 5.78. The molecule has 0 saturated carbocycles. The molecule has 3 nitrogen and oxygen atoms in total. The number of nitrogens with zero attached hydrogens (tertiary/aromatic N) is 2. The van der Waals surface area contributed by atoms with Crippen molar-refractivity contribution in [3.63, 3.8) is 0 Å². The van der Waals surface area contributed by atoms with Crippen LogP contribution in [-0.2, 0) is 6.54 Å². The third kappa shape index (κ3) is 3.95. The SMILES string of the molecule is CN(Cc1ccc(Br)cc1)C(=O)c1cc(Cl)nc(Cl)c1. The van der Waals surface area contributed by atoms with E-state index in [1.165, 1.54) is 12.1 Å². The third-order valence-electron chi connectivity index (χ3n) is 2.69. The van der Waals surface area contributed by atoms with Gasteiger partial charge in [0.15, 0.2) is 0 Å². The van der Waals surface area contributed by atoms with Crippen LogP contribution in [0.2, 0.25) is 10.3 Å². The molecule has 20 heavy (non-hydrogen) atoms. The van der Waals surface area contributed by atoms with Crippen LogP contribution in [0.25, 0.3) is 0 Å². The predicted octanol–water partition coefficient (Wildman–Crippen LogP) is 4.42. The minimum atomic E-state index is -0.154. The summed E-state index contributed by atoms with van der Waals surface area (Å²) in [6.45, 7) is 0.504. The number of carbonyl (C=O) groups is 1. The van der Waals surface area contributed by atoms with Gasteiger partial charge < -0.3 is 4.90 Å². The van der Waals surface area contributed by atoms with Gasteiger partial charge in [0.1, 0.15) is 10.3 Å². The van der Waals surface area contributed by atoms with Crippen molar-refractivity contribution in [1.82, 2.24) is 9.88 Å². The van der Waals surface area contributed by atoms with Crippen LogP contribution in [0.15, 0.2) is 40.9 Å². The van der Waals surface area contributed by atoms with Crippen molar-refractivity contribution in [3.8, 4) is 0 Å². The Hall–Kier alpha value is -1.10. The Labute approximate surface area is 135 Å². The van der Waals surface area contributed by atoms with E-state index in [9.17, 15) is 4.79 Å². The zero-order valence-corrected chi connectivity index (χ0v) is 13.7. The van der Waals surface area contributed by atoms with E-state index in [1.54, 1.807) is 11.9 Å². The normalized spacial score (nSPS) is 10.4. The Morgan fingerprint density at radius 1 is 1.20 bits per heavy atom. The Kier molecular flexibility index (Phi) is 5.02. The molecule has 1 heterocycles. The van der Waals surface area contributed by atoms with E-state index >= 15 is 0 Å². The van der Waals surface area contributed by atoms with Gasteiger partial charge in [-0.2, -0.15) is 0 Å². The summed E-state index contributed by atoms with van der Waals surface area (Å²) in [5.74, 6) is -0.154. The molecule has 2 aromatic rings. The fourth-order valence-electron chi connectivity index (χ4n) is 1.74. The van der Waals surface area contributed by atoms with Crippen LogP contribution in [0.4, 0.5) is 0 Å². The van der Waals surface area contributed by atoms with Crippen LogP contribution in [0, 0.1) is 0 Å². The fourth-order valence-corrected chi connectivity index (χ4v) is 2.47. The van der Waals surface area contributed by atoms with Crippen molar-refractivity contribution in [1.29, 1.82) is 0 Å². The maximum absolute atomic E-state index is 12.3. The Morgan fingerprint density at radius 3 is 2.30 bits per heavy atom. The lowest BCUT2D eigenvalue weighted by atomic mass is 10.2. The lowest BCUT2D eigenvalue weighted by molar-refractivity contribution is 0.0785. The number of amides is 1. The average molecular weight is 374 g/mol. The van der Waals surface area contributed by atoms with Gasteiger partial charge >= 0.3 is 0 Å². The Morgan fingerprint density at radius 2 is 1.75 bits per heavy atom. The Bertz CT molecular complexity index is 611. The quantitative estimate of drug-likeness (QED) is 0.746. The van der Waals surface area contributed by atoms with Crippen molar-refractivity contribution >= 4 is 45.0 Å². The number of aromatic nitrogens is 1. The van der Waals surface area contributed by atoms with Crippen LogP contribution in [0.3, 0.4) is 0 Å². The van der Waals surface area contributed by atoms with Gasteiger partial charge in [0.25, 0.3) is 5.91 Å². The van der Waals surface area contributed by atoms with Crippen molar-refractivity contribution in [2.24, 2.45) is 0 Å². The monoisotopic (exact) mass is 372 g/mol. The first kappa shape index (κ1) is 15.3. The first-order valence-corrected chi connectivity index (χ1v) is 7.33. The van der Waals surface area contributed by atoms with E-state index in [-0.39, 0.29) is 16.2 Å². The van der Waals surface area contributed by atoms with E-state index in [1.807, 2.05) is 24.3 Å². The minimum absolute atomic E-state index is 0.154. The van der Waals surface area contributed by atoms with Gasteiger partial charge in [0, 0.05) is 23.6 Å². The summed E-state index contributed by atoms with van der Waals surface area (Å²) in [7, 11) is 1.73. The molecule has 0 aliphatic rings. The molecule has 1 aromatic heterocycles. The van der Waals surface area contributed by atoms with Gasteiger partial charge in [-0.25, -0.2) is 4.98 Å². The molecule has 1 amide bonds. The average Bonchev–Trinajstić information content (AvgIpc) is 2.39. The zero-order valence-electron chi connectivity index (χ0n) is 10.6. The lowest BCUT2D eigenvalue weighted by Crippen LogP contribution is -2.26. The first-order chi connectivity index (χ1) is 9.45. The van der Waals surface area contributed by atoms with Gasteiger partial charge in [0.05, 0.1) is 0 Å². The van der Waals surface area contributed by atoms with E-state index in [2.05, 4.69) is 20.9 Å². The molecule has 0 radical (unpaired) electrons. The van der Waals surface area contributed by atoms with E-state index in [0.717, 1.165) is 10.0 Å². The summed E-state index contributed by atoms with van der Waals surface area (Å²) >= 11 is 15.0. The molecule has 6 heteroatoms. The number of carbonyl (C=O) groups excluding carboxylic acids is 1. The van der Waals surface area contributed by atoms with Gasteiger partial charge in [-0.3, -0.25) is 4.79 Å². The summed E-state index contributed by atoms with van der Waals surface area (Å²) in [5, 5.41) is 0.413. The molecule has 104 valence electrons. The van der Waals surface area contributed by atoms with E-state index in [4.69, 9.17) is 23.2 Å². The summed E-state index contributed by atoms with van der Waals surface area (Å²) in [6.07, 6.45) is 0. The lowest BCUT2D eigenvalue weighted by Gasteiger charge is -2.17. The number of benzene rings is 1. The largest absolute Gasteiger partial charge is 0.337 e. The highest BCUT2D eigenvalue weighted by Crippen LogP contribution is 2.17. The molecule has 0 N–H and O–H groups in total. The summed E-state index contributed by atoms with van der Waals surface area (Å²) in [5.41, 5.74) is 1.46. The smallest absolute Gasteiger partial charge is 0.254 e. The van der Waals surface area contributed by atoms with E-state index in [0.29, 0.717) is 12.1 Å². The van der Waals surface area contributed by atoms with Crippen LogP contribution in [0.1, 0.15) is 15.9 Å². The van der Waals surface area contributed by atoms with E-state index < -0.39 is 0 Å². The summed E-state index contributed by atoms with van der Waals surface area (Å²) < 4.78 is 1.00. The molecule has 0 unspecified atom stereocenters. The van der Waals surface area contributed by atoms with Crippen LogP contribution in [-0.4, -0.2) is 22.8 Å². The van der Waals surface area contributed by atoms with Crippen LogP contribution < -0.4 is 0 Å². The van der Waals surface area contributed by atoms with Crippen LogP contribution in [0.5, 0.6) is 0 Å². The summed E-state index contributed by atoms with van der Waals surface area (Å²) in [4.78, 5) is 17.7. The predicted molar refractivity (Wildman–Crippen MR) is 84.2 cm³/mol.